The number of hydrogen-bond acceptors (Lipinski definition) is 3. The van der Waals surface area contributed by atoms with Gasteiger partial charge in [-0.25, -0.2) is 9.18 Å². The molecule has 2 amide bonds. The molecule has 0 radical (unpaired) electrons. The van der Waals surface area contributed by atoms with Crippen LogP contribution in [0.1, 0.15) is 5.56 Å². The van der Waals surface area contributed by atoms with Crippen LogP contribution in [0.3, 0.4) is 0 Å². The molecule has 140 valence electrons. The van der Waals surface area contributed by atoms with Gasteiger partial charge in [-0.15, -0.1) is 0 Å². The number of nitrogen functional groups attached to an aromatic ring is 1. The number of H-pyrrole nitrogens is 1. The van der Waals surface area contributed by atoms with Crippen molar-refractivity contribution in [2.24, 2.45) is 0 Å². The van der Waals surface area contributed by atoms with Gasteiger partial charge >= 0.3 is 6.03 Å². The number of anilines is 3. The highest BCUT2D eigenvalue weighted by atomic mass is 19.1. The van der Waals surface area contributed by atoms with E-state index < -0.39 is 6.03 Å². The lowest BCUT2D eigenvalue weighted by molar-refractivity contribution is 0.262. The molecular weight excluding hydrogens is 357 g/mol. The summed E-state index contributed by atoms with van der Waals surface area (Å²) in [4.78, 5) is 12.2. The molecule has 0 saturated heterocycles. The van der Waals surface area contributed by atoms with Crippen LogP contribution in [0, 0.1) is 12.7 Å². The highest BCUT2D eigenvalue weighted by Gasteiger charge is 2.11. The van der Waals surface area contributed by atoms with Gasteiger partial charge in [-0.3, -0.25) is 5.10 Å². The van der Waals surface area contributed by atoms with Gasteiger partial charge in [0.25, 0.3) is 0 Å². The zero-order valence-electron chi connectivity index (χ0n) is 15.1. The summed E-state index contributed by atoms with van der Waals surface area (Å²) in [5.41, 5.74) is 10.2. The molecule has 6 nitrogen and oxygen atoms in total. The van der Waals surface area contributed by atoms with E-state index in [-0.39, 0.29) is 5.82 Å². The first kappa shape index (κ1) is 17.5. The number of rotatable bonds is 3. The molecule has 0 fully saturated rings. The topological polar surface area (TPSA) is 95.8 Å². The van der Waals surface area contributed by atoms with E-state index in [1.807, 2.05) is 30.3 Å². The number of nitrogens with zero attached hydrogens (tertiary/aromatic N) is 1. The number of nitrogens with two attached hydrogens (primary N) is 1. The first-order valence-electron chi connectivity index (χ1n) is 8.69. The van der Waals surface area contributed by atoms with E-state index in [9.17, 15) is 9.18 Å². The van der Waals surface area contributed by atoms with Crippen LogP contribution >= 0.6 is 0 Å². The minimum absolute atomic E-state index is 0.366. The third-order valence-corrected chi connectivity index (χ3v) is 4.59. The lowest BCUT2D eigenvalue weighted by Crippen LogP contribution is -2.20. The number of aromatic nitrogens is 2. The number of carbonyl (C=O) groups excluding carboxylic acids is 1. The smallest absolute Gasteiger partial charge is 0.323 e. The van der Waals surface area contributed by atoms with Crippen molar-refractivity contribution in [1.29, 1.82) is 0 Å². The highest BCUT2D eigenvalue weighted by molar-refractivity contribution is 6.02. The van der Waals surface area contributed by atoms with E-state index in [1.54, 1.807) is 31.2 Å². The maximum absolute atomic E-state index is 13.6. The fourth-order valence-corrected chi connectivity index (χ4v) is 3.10. The average molecular weight is 375 g/mol. The Labute approximate surface area is 160 Å². The molecular formula is C21H18FN5O. The van der Waals surface area contributed by atoms with Gasteiger partial charge in [0.15, 0.2) is 5.82 Å². The minimum Gasteiger partial charge on any atom is -0.382 e. The Morgan fingerprint density at radius 3 is 2.57 bits per heavy atom. The highest BCUT2D eigenvalue weighted by Crippen LogP contribution is 2.31. The van der Waals surface area contributed by atoms with Crippen molar-refractivity contribution in [3.8, 4) is 11.1 Å². The number of nitrogens with one attached hydrogen (secondary N) is 3. The molecule has 4 rings (SSSR count). The molecule has 1 heterocycles. The van der Waals surface area contributed by atoms with Gasteiger partial charge < -0.3 is 16.4 Å². The van der Waals surface area contributed by atoms with Crippen LogP contribution in [0.4, 0.5) is 26.4 Å². The second kappa shape index (κ2) is 7.03. The monoisotopic (exact) mass is 375 g/mol. The van der Waals surface area contributed by atoms with Crippen molar-refractivity contribution >= 4 is 34.1 Å². The van der Waals surface area contributed by atoms with Crippen LogP contribution in [0.15, 0.2) is 60.7 Å². The Kier molecular flexibility index (Phi) is 4.41. The van der Waals surface area contributed by atoms with Crippen LogP contribution in [-0.2, 0) is 0 Å². The van der Waals surface area contributed by atoms with Gasteiger partial charge in [0, 0.05) is 16.9 Å². The van der Waals surface area contributed by atoms with Crippen molar-refractivity contribution < 1.29 is 9.18 Å². The molecule has 4 aromatic rings. The summed E-state index contributed by atoms with van der Waals surface area (Å²) in [6.45, 7) is 1.61. The van der Waals surface area contributed by atoms with Crippen molar-refractivity contribution in [3.63, 3.8) is 0 Å². The third kappa shape index (κ3) is 3.25. The summed E-state index contributed by atoms with van der Waals surface area (Å²) < 4.78 is 13.6. The number of benzene rings is 3. The molecule has 28 heavy (non-hydrogen) atoms. The van der Waals surface area contributed by atoms with Crippen molar-refractivity contribution in [3.05, 3.63) is 72.0 Å². The van der Waals surface area contributed by atoms with Gasteiger partial charge in [0.05, 0.1) is 10.9 Å². The van der Waals surface area contributed by atoms with Gasteiger partial charge in [0.2, 0.25) is 0 Å². The lowest BCUT2D eigenvalue weighted by atomic mass is 10.0. The van der Waals surface area contributed by atoms with Crippen molar-refractivity contribution in [2.75, 3.05) is 16.4 Å². The first-order chi connectivity index (χ1) is 13.5. The van der Waals surface area contributed by atoms with Crippen molar-refractivity contribution in [2.45, 2.75) is 6.92 Å². The summed E-state index contributed by atoms with van der Waals surface area (Å²) in [6.07, 6.45) is 0. The van der Waals surface area contributed by atoms with Gasteiger partial charge in [-0.05, 0) is 48.4 Å². The molecule has 7 heteroatoms. The predicted octanol–water partition coefficient (Wildman–Crippen LogP) is 4.90. The molecule has 0 aliphatic rings. The fourth-order valence-electron chi connectivity index (χ4n) is 3.10. The summed E-state index contributed by atoms with van der Waals surface area (Å²) in [5.74, 6) is 0.0764. The second-order valence-electron chi connectivity index (χ2n) is 6.41. The number of aromatic amines is 1. The maximum atomic E-state index is 13.6. The average Bonchev–Trinajstić information content (AvgIpc) is 3.07. The normalized spacial score (nSPS) is 10.8. The molecule has 0 atom stereocenters. The van der Waals surface area contributed by atoms with Crippen LogP contribution in [0.2, 0.25) is 0 Å². The number of fused-ring (bicyclic) bond motifs is 1. The summed E-state index contributed by atoms with van der Waals surface area (Å²) >= 11 is 0. The van der Waals surface area contributed by atoms with E-state index in [4.69, 9.17) is 5.73 Å². The lowest BCUT2D eigenvalue weighted by Gasteiger charge is -2.11. The quantitative estimate of drug-likeness (QED) is 0.410. The molecule has 3 aromatic carbocycles. The van der Waals surface area contributed by atoms with Crippen molar-refractivity contribution in [1.82, 2.24) is 10.2 Å². The summed E-state index contributed by atoms with van der Waals surface area (Å²) in [5, 5.41) is 13.2. The number of carbonyl (C=O) groups is 1. The van der Waals surface area contributed by atoms with E-state index in [0.717, 1.165) is 22.0 Å². The van der Waals surface area contributed by atoms with E-state index in [2.05, 4.69) is 20.8 Å². The molecule has 0 bridgehead atoms. The molecule has 0 unspecified atom stereocenters. The van der Waals surface area contributed by atoms with E-state index in [0.29, 0.717) is 22.8 Å². The molecule has 1 aromatic heterocycles. The second-order valence-corrected chi connectivity index (χ2v) is 6.41. The first-order valence-corrected chi connectivity index (χ1v) is 8.69. The molecule has 0 aliphatic heterocycles. The zero-order chi connectivity index (χ0) is 19.7. The Bertz CT molecular complexity index is 1170. The summed E-state index contributed by atoms with van der Waals surface area (Å²) in [6, 6.07) is 17.3. The minimum atomic E-state index is -0.442. The molecule has 0 saturated carbocycles. The molecule has 0 spiro atoms. The van der Waals surface area contributed by atoms with E-state index >= 15 is 0 Å². The summed E-state index contributed by atoms with van der Waals surface area (Å²) in [7, 11) is 0. The Morgan fingerprint density at radius 2 is 1.79 bits per heavy atom. The third-order valence-electron chi connectivity index (χ3n) is 4.59. The number of hydrogen-bond donors (Lipinski definition) is 4. The number of halogens is 1. The standard InChI is InChI=1S/C21H18FN5O/c1-12-16(22)5-3-6-17(12)25-21(28)24-14-10-8-13(9-11-14)15-4-2-7-18-19(15)20(23)27-26-18/h2-11H,1H3,(H3,23,26,27)(H2,24,25,28). The van der Waals surface area contributed by atoms with Crippen LogP contribution in [-0.4, -0.2) is 16.2 Å². The van der Waals surface area contributed by atoms with Gasteiger partial charge in [-0.1, -0.05) is 30.3 Å². The Balaban J connectivity index is 1.52. The largest absolute Gasteiger partial charge is 0.382 e. The number of amides is 2. The molecule has 0 aliphatic carbocycles. The van der Waals surface area contributed by atoms with Crippen LogP contribution < -0.4 is 16.4 Å². The maximum Gasteiger partial charge on any atom is 0.323 e. The van der Waals surface area contributed by atoms with Crippen LogP contribution in [0.5, 0.6) is 0 Å². The van der Waals surface area contributed by atoms with Gasteiger partial charge in [-0.2, -0.15) is 5.10 Å². The van der Waals surface area contributed by atoms with Gasteiger partial charge in [0.1, 0.15) is 5.82 Å². The fraction of sp³-hybridized carbons (Fsp3) is 0.0476. The Hall–Kier alpha value is -3.87. The molecule has 5 N–H and O–H groups in total. The predicted molar refractivity (Wildman–Crippen MR) is 110 cm³/mol. The van der Waals surface area contributed by atoms with E-state index in [1.165, 1.54) is 6.07 Å². The zero-order valence-corrected chi connectivity index (χ0v) is 15.1. The SMILES string of the molecule is Cc1c(F)cccc1NC(=O)Nc1ccc(-c2cccc3[nH]nc(N)c23)cc1. The number of urea groups is 1. The van der Waals surface area contributed by atoms with Crippen LogP contribution in [0.25, 0.3) is 22.0 Å². The Morgan fingerprint density at radius 1 is 1.04 bits per heavy atom.